The summed E-state index contributed by atoms with van der Waals surface area (Å²) in [5, 5.41) is 4.70. The molecule has 2 atom stereocenters. The van der Waals surface area contributed by atoms with Crippen LogP contribution in [0.25, 0.3) is 11.1 Å². The predicted molar refractivity (Wildman–Crippen MR) is 87.0 cm³/mol. The van der Waals surface area contributed by atoms with E-state index in [-0.39, 0.29) is 0 Å². The lowest BCUT2D eigenvalue weighted by Gasteiger charge is -2.49. The minimum Gasteiger partial charge on any atom is -0.496 e. The molecule has 22 heavy (non-hydrogen) atoms. The highest BCUT2D eigenvalue weighted by molar-refractivity contribution is 5.69. The van der Waals surface area contributed by atoms with Crippen LogP contribution in [0.2, 0.25) is 0 Å². The van der Waals surface area contributed by atoms with Gasteiger partial charge in [-0.05, 0) is 44.8 Å². The quantitative estimate of drug-likeness (QED) is 0.871. The van der Waals surface area contributed by atoms with Gasteiger partial charge >= 0.3 is 0 Å². The summed E-state index contributed by atoms with van der Waals surface area (Å²) >= 11 is 0. The summed E-state index contributed by atoms with van der Waals surface area (Å²) in [6.45, 7) is 4.85. The molecule has 0 spiro atoms. The number of hydrogen-bond acceptors (Lipinski definition) is 3. The number of hydrogen-bond donors (Lipinski definition) is 0. The van der Waals surface area contributed by atoms with Gasteiger partial charge in [0.2, 0.25) is 0 Å². The van der Waals surface area contributed by atoms with Crippen LogP contribution in [-0.4, -0.2) is 40.9 Å². The molecule has 1 aromatic heterocycles. The number of piperidine rings is 3. The normalized spacial score (nSPS) is 30.5. The molecule has 0 amide bonds. The molecular formula is C18H23N3O. The fourth-order valence-electron chi connectivity index (χ4n) is 4.24. The van der Waals surface area contributed by atoms with Crippen molar-refractivity contribution in [1.82, 2.24) is 14.7 Å². The van der Waals surface area contributed by atoms with Crippen molar-refractivity contribution in [2.45, 2.75) is 31.8 Å². The van der Waals surface area contributed by atoms with Gasteiger partial charge in [0.15, 0.2) is 0 Å². The Kier molecular flexibility index (Phi) is 3.41. The Labute approximate surface area is 131 Å². The fraction of sp³-hybridized carbons (Fsp3) is 0.500. The summed E-state index contributed by atoms with van der Waals surface area (Å²) in [7, 11) is 1.72. The maximum absolute atomic E-state index is 5.48. The van der Waals surface area contributed by atoms with Gasteiger partial charge in [-0.3, -0.25) is 9.58 Å². The molecule has 0 unspecified atom stereocenters. The lowest BCUT2D eigenvalue weighted by atomic mass is 9.79. The van der Waals surface area contributed by atoms with E-state index in [9.17, 15) is 0 Å². The number of nitrogens with zero attached hydrogens (tertiary/aromatic N) is 3. The summed E-state index contributed by atoms with van der Waals surface area (Å²) in [6.07, 6.45) is 6.78. The first-order valence-corrected chi connectivity index (χ1v) is 8.19. The SMILES string of the molecule is COc1ccccc1-c1cnn([C@@H]2C3CCN(CC3)[C@H]2C)c1. The number of ether oxygens (including phenoxy) is 1. The summed E-state index contributed by atoms with van der Waals surface area (Å²) in [5.74, 6) is 1.68. The zero-order chi connectivity index (χ0) is 15.1. The van der Waals surface area contributed by atoms with Gasteiger partial charge < -0.3 is 4.74 Å². The molecule has 2 aromatic rings. The number of benzene rings is 1. The summed E-state index contributed by atoms with van der Waals surface area (Å²) in [4.78, 5) is 2.61. The van der Waals surface area contributed by atoms with Gasteiger partial charge in [0.1, 0.15) is 5.75 Å². The van der Waals surface area contributed by atoms with Crippen molar-refractivity contribution >= 4 is 0 Å². The van der Waals surface area contributed by atoms with Crippen molar-refractivity contribution in [2.75, 3.05) is 20.2 Å². The van der Waals surface area contributed by atoms with Crippen molar-refractivity contribution in [3.8, 4) is 16.9 Å². The van der Waals surface area contributed by atoms with Gasteiger partial charge in [-0.25, -0.2) is 0 Å². The first-order valence-electron chi connectivity index (χ1n) is 8.19. The van der Waals surface area contributed by atoms with Crippen LogP contribution >= 0.6 is 0 Å². The van der Waals surface area contributed by atoms with Crippen molar-refractivity contribution in [1.29, 1.82) is 0 Å². The molecule has 0 radical (unpaired) electrons. The van der Waals surface area contributed by atoms with Crippen LogP contribution in [0.5, 0.6) is 5.75 Å². The van der Waals surface area contributed by atoms with Gasteiger partial charge in [0.05, 0.1) is 19.3 Å². The number of para-hydroxylation sites is 1. The van der Waals surface area contributed by atoms with E-state index >= 15 is 0 Å². The van der Waals surface area contributed by atoms with Gasteiger partial charge in [0.25, 0.3) is 0 Å². The number of rotatable bonds is 3. The monoisotopic (exact) mass is 297 g/mol. The summed E-state index contributed by atoms with van der Waals surface area (Å²) in [5.41, 5.74) is 2.26. The minimum atomic E-state index is 0.506. The second-order valence-electron chi connectivity index (χ2n) is 6.51. The van der Waals surface area contributed by atoms with Gasteiger partial charge in [0, 0.05) is 23.4 Å². The standard InChI is InChI=1S/C18H23N3O/c1-13-18(14-7-9-20(13)10-8-14)21-12-15(11-19-21)16-5-3-4-6-17(16)22-2/h3-6,11-14,18H,7-10H2,1-2H3/t13-,18-/m0/s1. The lowest BCUT2D eigenvalue weighted by Crippen LogP contribution is -2.53. The predicted octanol–water partition coefficient (Wildman–Crippen LogP) is 3.21. The summed E-state index contributed by atoms with van der Waals surface area (Å²) < 4.78 is 7.68. The van der Waals surface area contributed by atoms with E-state index in [4.69, 9.17) is 9.84 Å². The number of aromatic nitrogens is 2. The molecule has 3 aliphatic heterocycles. The molecule has 4 heterocycles. The lowest BCUT2D eigenvalue weighted by molar-refractivity contribution is 0.000941. The Balaban J connectivity index is 1.67. The summed E-state index contributed by atoms with van der Waals surface area (Å²) in [6, 6.07) is 9.24. The third-order valence-electron chi connectivity index (χ3n) is 5.45. The molecule has 3 saturated heterocycles. The molecule has 116 valence electrons. The second kappa shape index (κ2) is 5.43. The van der Waals surface area contributed by atoms with Crippen LogP contribution in [-0.2, 0) is 0 Å². The van der Waals surface area contributed by atoms with E-state index in [0.717, 1.165) is 22.8 Å². The Morgan fingerprint density at radius 1 is 1.18 bits per heavy atom. The molecule has 0 saturated carbocycles. The molecule has 3 fully saturated rings. The van der Waals surface area contributed by atoms with Crippen LogP contribution in [0.1, 0.15) is 25.8 Å². The van der Waals surface area contributed by atoms with Crippen LogP contribution in [0.3, 0.4) is 0 Å². The zero-order valence-corrected chi connectivity index (χ0v) is 13.3. The van der Waals surface area contributed by atoms with Crippen LogP contribution < -0.4 is 4.74 Å². The van der Waals surface area contributed by atoms with Gasteiger partial charge in [-0.15, -0.1) is 0 Å². The van der Waals surface area contributed by atoms with Crippen molar-refractivity contribution in [3.05, 3.63) is 36.7 Å². The average molecular weight is 297 g/mol. The van der Waals surface area contributed by atoms with Crippen LogP contribution in [0.15, 0.2) is 36.7 Å². The molecule has 0 aliphatic carbocycles. The van der Waals surface area contributed by atoms with E-state index in [2.05, 4.69) is 28.8 Å². The largest absolute Gasteiger partial charge is 0.496 e. The third-order valence-corrected chi connectivity index (χ3v) is 5.45. The number of methoxy groups -OCH3 is 1. The first kappa shape index (κ1) is 13.8. The van der Waals surface area contributed by atoms with Crippen molar-refractivity contribution in [2.24, 2.45) is 5.92 Å². The molecular weight excluding hydrogens is 274 g/mol. The average Bonchev–Trinajstić information content (AvgIpc) is 3.05. The topological polar surface area (TPSA) is 30.3 Å². The molecule has 1 aromatic carbocycles. The minimum absolute atomic E-state index is 0.506. The number of fused-ring (bicyclic) bond motifs is 3. The van der Waals surface area contributed by atoms with E-state index in [1.165, 1.54) is 25.9 Å². The van der Waals surface area contributed by atoms with E-state index in [1.807, 2.05) is 24.4 Å². The molecule has 2 bridgehead atoms. The Bertz CT molecular complexity index is 656. The third kappa shape index (κ3) is 2.13. The van der Waals surface area contributed by atoms with Crippen molar-refractivity contribution in [3.63, 3.8) is 0 Å². The molecule has 5 rings (SSSR count). The molecule has 4 nitrogen and oxygen atoms in total. The Hall–Kier alpha value is -1.81. The molecule has 0 N–H and O–H groups in total. The van der Waals surface area contributed by atoms with E-state index in [1.54, 1.807) is 7.11 Å². The Morgan fingerprint density at radius 2 is 1.95 bits per heavy atom. The highest BCUT2D eigenvalue weighted by Crippen LogP contribution is 2.40. The highest BCUT2D eigenvalue weighted by atomic mass is 16.5. The highest BCUT2D eigenvalue weighted by Gasteiger charge is 2.41. The Morgan fingerprint density at radius 3 is 2.68 bits per heavy atom. The van der Waals surface area contributed by atoms with Crippen LogP contribution in [0, 0.1) is 5.92 Å². The van der Waals surface area contributed by atoms with Gasteiger partial charge in [-0.1, -0.05) is 18.2 Å². The fourth-order valence-corrected chi connectivity index (χ4v) is 4.24. The first-order chi connectivity index (χ1) is 10.8. The van der Waals surface area contributed by atoms with E-state index < -0.39 is 0 Å². The maximum Gasteiger partial charge on any atom is 0.126 e. The molecule has 3 aliphatic rings. The molecule has 4 heteroatoms. The zero-order valence-electron chi connectivity index (χ0n) is 13.3. The second-order valence-corrected chi connectivity index (χ2v) is 6.51. The smallest absolute Gasteiger partial charge is 0.126 e. The van der Waals surface area contributed by atoms with Crippen molar-refractivity contribution < 1.29 is 4.74 Å². The van der Waals surface area contributed by atoms with E-state index in [0.29, 0.717) is 12.1 Å². The van der Waals surface area contributed by atoms with Gasteiger partial charge in [-0.2, -0.15) is 5.10 Å². The maximum atomic E-state index is 5.48. The van der Waals surface area contributed by atoms with Crippen LogP contribution in [0.4, 0.5) is 0 Å².